The summed E-state index contributed by atoms with van der Waals surface area (Å²) in [7, 11) is 0. The molecule has 1 amide bonds. The van der Waals surface area contributed by atoms with Gasteiger partial charge in [-0.2, -0.15) is 0 Å². The van der Waals surface area contributed by atoms with Gasteiger partial charge in [0, 0.05) is 33.2 Å². The van der Waals surface area contributed by atoms with Crippen LogP contribution in [0, 0.1) is 0 Å². The van der Waals surface area contributed by atoms with Crippen molar-refractivity contribution in [2.24, 2.45) is 0 Å². The largest absolute Gasteiger partial charge is 0.381 e. The fraction of sp³-hybridized carbons (Fsp3) is 0.917. The molecule has 0 spiro atoms. The zero-order chi connectivity index (χ0) is 12.2. The Balaban J connectivity index is 0.000000293. The van der Waals surface area contributed by atoms with E-state index in [1.54, 1.807) is 11.8 Å². The summed E-state index contributed by atoms with van der Waals surface area (Å²) in [4.78, 5) is 12.5. The lowest BCUT2D eigenvalue weighted by Gasteiger charge is -2.25. The third-order valence-electron chi connectivity index (χ3n) is 2.15. The van der Waals surface area contributed by atoms with Crippen molar-refractivity contribution in [2.45, 2.75) is 33.6 Å². The van der Waals surface area contributed by atoms with Crippen LogP contribution in [-0.4, -0.2) is 50.3 Å². The monoisotopic (exact) mass is 231 g/mol. The van der Waals surface area contributed by atoms with Crippen LogP contribution < -0.4 is 0 Å². The van der Waals surface area contributed by atoms with Gasteiger partial charge in [0.05, 0.1) is 13.2 Å². The van der Waals surface area contributed by atoms with Crippen LogP contribution in [0.25, 0.3) is 0 Å². The van der Waals surface area contributed by atoms with Gasteiger partial charge in [-0.05, 0) is 12.8 Å². The average molecular weight is 231 g/mol. The number of amides is 1. The number of hydrogen-bond acceptors (Lipinski definition) is 3. The molecule has 0 aromatic carbocycles. The van der Waals surface area contributed by atoms with Gasteiger partial charge in [0.25, 0.3) is 0 Å². The predicted molar refractivity (Wildman–Crippen MR) is 64.5 cm³/mol. The van der Waals surface area contributed by atoms with E-state index in [2.05, 4.69) is 13.8 Å². The Morgan fingerprint density at radius 3 is 2.00 bits per heavy atom. The van der Waals surface area contributed by atoms with Gasteiger partial charge in [0.2, 0.25) is 5.91 Å². The molecular formula is C12H25NO3. The summed E-state index contributed by atoms with van der Waals surface area (Å²) < 4.78 is 10.2. The van der Waals surface area contributed by atoms with Crippen LogP contribution in [0.15, 0.2) is 0 Å². The van der Waals surface area contributed by atoms with Gasteiger partial charge in [-0.15, -0.1) is 0 Å². The van der Waals surface area contributed by atoms with Crippen LogP contribution in [0.2, 0.25) is 0 Å². The van der Waals surface area contributed by atoms with Crippen LogP contribution >= 0.6 is 0 Å². The highest BCUT2D eigenvalue weighted by atomic mass is 16.5. The molecule has 0 saturated carbocycles. The molecule has 0 aromatic heterocycles. The summed E-state index contributed by atoms with van der Waals surface area (Å²) in [6.45, 7) is 10.6. The Hall–Kier alpha value is -0.610. The predicted octanol–water partition coefficient (Wildman–Crippen LogP) is 1.69. The van der Waals surface area contributed by atoms with Crippen LogP contribution in [0.1, 0.15) is 33.6 Å². The van der Waals surface area contributed by atoms with Crippen LogP contribution in [0.4, 0.5) is 0 Å². The molecule has 1 aliphatic rings. The van der Waals surface area contributed by atoms with E-state index < -0.39 is 0 Å². The molecule has 1 rings (SSSR count). The fourth-order valence-electron chi connectivity index (χ4n) is 1.27. The minimum atomic E-state index is 0.151. The summed E-state index contributed by atoms with van der Waals surface area (Å²) >= 11 is 0. The number of rotatable bonds is 4. The van der Waals surface area contributed by atoms with Gasteiger partial charge < -0.3 is 14.4 Å². The number of nitrogens with zero attached hydrogens (tertiary/aromatic N) is 1. The molecule has 0 unspecified atom stereocenters. The summed E-state index contributed by atoms with van der Waals surface area (Å²) in [6, 6.07) is 0. The lowest BCUT2D eigenvalue weighted by atomic mass is 10.4. The van der Waals surface area contributed by atoms with Crippen molar-refractivity contribution in [2.75, 3.05) is 39.5 Å². The highest BCUT2D eigenvalue weighted by Gasteiger charge is 2.11. The summed E-state index contributed by atoms with van der Waals surface area (Å²) in [5, 5.41) is 0. The second kappa shape index (κ2) is 10.9. The molecule has 16 heavy (non-hydrogen) atoms. The highest BCUT2D eigenvalue weighted by Crippen LogP contribution is 1.95. The smallest absolute Gasteiger partial charge is 0.219 e. The van der Waals surface area contributed by atoms with Crippen molar-refractivity contribution >= 4 is 5.91 Å². The molecule has 96 valence electrons. The first-order valence-electron chi connectivity index (χ1n) is 6.13. The Morgan fingerprint density at radius 1 is 1.19 bits per heavy atom. The van der Waals surface area contributed by atoms with Gasteiger partial charge >= 0.3 is 0 Å². The fourth-order valence-corrected chi connectivity index (χ4v) is 1.27. The van der Waals surface area contributed by atoms with Gasteiger partial charge in [-0.1, -0.05) is 13.8 Å². The number of carbonyl (C=O) groups is 1. The van der Waals surface area contributed by atoms with Gasteiger partial charge in [0.1, 0.15) is 0 Å². The third-order valence-corrected chi connectivity index (χ3v) is 2.15. The van der Waals surface area contributed by atoms with Crippen molar-refractivity contribution in [3.8, 4) is 0 Å². The Labute approximate surface area is 98.9 Å². The molecule has 4 heteroatoms. The standard InChI is InChI=1S/C6H11NO2.C6H14O/c1-6(8)7-2-4-9-5-3-7;1-3-5-7-6-4-2/h2-5H2,1H3;3-6H2,1-2H3. The lowest BCUT2D eigenvalue weighted by molar-refractivity contribution is -0.132. The number of morpholine rings is 1. The van der Waals surface area contributed by atoms with Crippen LogP contribution in [0.3, 0.4) is 0 Å². The van der Waals surface area contributed by atoms with E-state index in [4.69, 9.17) is 9.47 Å². The maximum absolute atomic E-state index is 10.7. The number of hydrogen-bond donors (Lipinski definition) is 0. The summed E-state index contributed by atoms with van der Waals surface area (Å²) in [6.07, 6.45) is 2.28. The van der Waals surface area contributed by atoms with E-state index in [1.165, 1.54) is 0 Å². The normalized spacial score (nSPS) is 15.3. The Kier molecular flexibility index (Phi) is 10.5. The van der Waals surface area contributed by atoms with Gasteiger partial charge in [0.15, 0.2) is 0 Å². The molecule has 0 radical (unpaired) electrons. The molecule has 0 bridgehead atoms. The zero-order valence-electron chi connectivity index (χ0n) is 10.8. The van der Waals surface area contributed by atoms with Crippen LogP contribution in [0.5, 0.6) is 0 Å². The molecular weight excluding hydrogens is 206 g/mol. The zero-order valence-corrected chi connectivity index (χ0v) is 10.8. The molecule has 0 atom stereocenters. The van der Waals surface area contributed by atoms with Crippen LogP contribution in [-0.2, 0) is 14.3 Å². The minimum absolute atomic E-state index is 0.151. The van der Waals surface area contributed by atoms with Crippen molar-refractivity contribution in [3.63, 3.8) is 0 Å². The minimum Gasteiger partial charge on any atom is -0.381 e. The molecule has 1 saturated heterocycles. The van der Waals surface area contributed by atoms with Gasteiger partial charge in [-0.25, -0.2) is 0 Å². The Morgan fingerprint density at radius 2 is 1.69 bits per heavy atom. The maximum Gasteiger partial charge on any atom is 0.219 e. The topological polar surface area (TPSA) is 38.8 Å². The molecule has 1 heterocycles. The average Bonchev–Trinajstić information content (AvgIpc) is 2.32. The first-order valence-corrected chi connectivity index (χ1v) is 6.13. The number of carbonyl (C=O) groups excluding carboxylic acids is 1. The molecule has 0 aromatic rings. The van der Waals surface area contributed by atoms with E-state index in [-0.39, 0.29) is 5.91 Å². The first kappa shape index (κ1) is 15.4. The quantitative estimate of drug-likeness (QED) is 0.691. The number of ether oxygens (including phenoxy) is 2. The summed E-state index contributed by atoms with van der Waals surface area (Å²) in [5.41, 5.74) is 0. The van der Waals surface area contributed by atoms with E-state index in [1.807, 2.05) is 0 Å². The van der Waals surface area contributed by atoms with E-state index in [0.29, 0.717) is 13.2 Å². The summed E-state index contributed by atoms with van der Waals surface area (Å²) in [5.74, 6) is 0.151. The molecule has 1 aliphatic heterocycles. The molecule has 4 nitrogen and oxygen atoms in total. The van der Waals surface area contributed by atoms with Gasteiger partial charge in [-0.3, -0.25) is 4.79 Å². The second-order valence-electron chi connectivity index (χ2n) is 3.73. The highest BCUT2D eigenvalue weighted by molar-refractivity contribution is 5.73. The van der Waals surface area contributed by atoms with Crippen molar-refractivity contribution in [1.82, 2.24) is 4.90 Å². The molecule has 0 aliphatic carbocycles. The van der Waals surface area contributed by atoms with E-state index >= 15 is 0 Å². The van der Waals surface area contributed by atoms with Crippen molar-refractivity contribution in [1.29, 1.82) is 0 Å². The maximum atomic E-state index is 10.7. The van der Waals surface area contributed by atoms with E-state index in [0.717, 1.165) is 39.1 Å². The lowest BCUT2D eigenvalue weighted by Crippen LogP contribution is -2.39. The SMILES string of the molecule is CC(=O)N1CCOCC1.CCCOCCC. The Bertz CT molecular complexity index is 164. The first-order chi connectivity index (χ1) is 7.72. The van der Waals surface area contributed by atoms with E-state index in [9.17, 15) is 4.79 Å². The third kappa shape index (κ3) is 8.68. The van der Waals surface area contributed by atoms with Crippen molar-refractivity contribution in [3.05, 3.63) is 0 Å². The molecule has 1 fully saturated rings. The second-order valence-corrected chi connectivity index (χ2v) is 3.73. The molecule has 0 N–H and O–H groups in total. The van der Waals surface area contributed by atoms with Crippen molar-refractivity contribution < 1.29 is 14.3 Å².